The van der Waals surface area contributed by atoms with Crippen molar-refractivity contribution in [1.29, 1.82) is 0 Å². The molecule has 2 fully saturated rings. The molecule has 102 valence electrons. The second-order valence-corrected chi connectivity index (χ2v) is 6.15. The van der Waals surface area contributed by atoms with Gasteiger partial charge < -0.3 is 10.6 Å². The number of hydrogen-bond donors (Lipinski definition) is 1. The third-order valence-corrected chi connectivity index (χ3v) is 5.09. The minimum absolute atomic E-state index is 0.218. The fourth-order valence-corrected chi connectivity index (χ4v) is 3.53. The van der Waals surface area contributed by atoms with Crippen molar-refractivity contribution < 1.29 is 4.79 Å². The zero-order chi connectivity index (χ0) is 13.2. The maximum atomic E-state index is 12.8. The van der Waals surface area contributed by atoms with Crippen molar-refractivity contribution in [1.82, 2.24) is 4.90 Å². The van der Waals surface area contributed by atoms with Crippen LogP contribution in [-0.2, 0) is 4.79 Å². The number of thiocarbonyl (C=S) groups is 1. The number of rotatable bonds is 3. The first kappa shape index (κ1) is 13.8. The molecule has 1 atom stereocenters. The first-order valence-corrected chi connectivity index (χ1v) is 7.63. The van der Waals surface area contributed by atoms with Gasteiger partial charge >= 0.3 is 0 Å². The van der Waals surface area contributed by atoms with E-state index in [0.29, 0.717) is 11.0 Å². The maximum Gasteiger partial charge on any atom is 0.235 e. The van der Waals surface area contributed by atoms with Crippen LogP contribution in [0.25, 0.3) is 0 Å². The average molecular weight is 268 g/mol. The highest BCUT2D eigenvalue weighted by atomic mass is 32.1. The molecule has 2 rings (SSSR count). The van der Waals surface area contributed by atoms with Crippen molar-refractivity contribution >= 4 is 23.1 Å². The van der Waals surface area contributed by atoms with E-state index in [-0.39, 0.29) is 5.91 Å². The molecule has 1 saturated heterocycles. The highest BCUT2D eigenvalue weighted by molar-refractivity contribution is 7.80. The Morgan fingerprint density at radius 1 is 1.33 bits per heavy atom. The van der Waals surface area contributed by atoms with Gasteiger partial charge in [0.15, 0.2) is 0 Å². The van der Waals surface area contributed by atoms with Crippen LogP contribution in [0.5, 0.6) is 0 Å². The second-order valence-electron chi connectivity index (χ2n) is 5.71. The summed E-state index contributed by atoms with van der Waals surface area (Å²) in [5.41, 5.74) is 5.36. The van der Waals surface area contributed by atoms with Gasteiger partial charge in [0.25, 0.3) is 0 Å². The summed E-state index contributed by atoms with van der Waals surface area (Å²) in [4.78, 5) is 15.3. The zero-order valence-corrected chi connectivity index (χ0v) is 12.1. The lowest BCUT2D eigenvalue weighted by Gasteiger charge is -2.44. The smallest absolute Gasteiger partial charge is 0.235 e. The molecule has 0 aromatic heterocycles. The van der Waals surface area contributed by atoms with Gasteiger partial charge in [-0.15, -0.1) is 0 Å². The molecule has 1 heterocycles. The molecule has 3 nitrogen and oxygen atoms in total. The summed E-state index contributed by atoms with van der Waals surface area (Å²) in [6, 6.07) is 0.395. The summed E-state index contributed by atoms with van der Waals surface area (Å²) in [6.45, 7) is 3.06. The molecule has 0 radical (unpaired) electrons. The van der Waals surface area contributed by atoms with Crippen LogP contribution in [-0.4, -0.2) is 28.4 Å². The first-order valence-electron chi connectivity index (χ1n) is 7.23. The Balaban J connectivity index is 2.17. The van der Waals surface area contributed by atoms with Gasteiger partial charge in [-0.05, 0) is 32.1 Å². The molecule has 0 aromatic rings. The lowest BCUT2D eigenvalue weighted by molar-refractivity contribution is -0.144. The Morgan fingerprint density at radius 3 is 2.56 bits per heavy atom. The largest absolute Gasteiger partial charge is 0.392 e. The Hall–Kier alpha value is -0.640. The number of likely N-dealkylation sites (tertiary alicyclic amines) is 1. The highest BCUT2D eigenvalue weighted by Gasteiger charge is 2.49. The molecule has 2 aliphatic rings. The molecule has 1 unspecified atom stereocenters. The summed E-state index contributed by atoms with van der Waals surface area (Å²) >= 11 is 5.17. The number of carbonyl (C=O) groups is 1. The number of nitrogens with two attached hydrogens (primary N) is 1. The molecule has 0 bridgehead atoms. The highest BCUT2D eigenvalue weighted by Crippen LogP contribution is 2.43. The minimum Gasteiger partial charge on any atom is -0.392 e. The van der Waals surface area contributed by atoms with Crippen molar-refractivity contribution in [3.8, 4) is 0 Å². The van der Waals surface area contributed by atoms with E-state index in [1.165, 1.54) is 12.8 Å². The van der Waals surface area contributed by atoms with Crippen LogP contribution in [0.4, 0.5) is 0 Å². The minimum atomic E-state index is -0.493. The van der Waals surface area contributed by atoms with Crippen LogP contribution in [0.1, 0.15) is 58.3 Å². The average Bonchev–Trinajstić information content (AvgIpc) is 2.51. The van der Waals surface area contributed by atoms with E-state index in [0.717, 1.165) is 45.1 Å². The normalized spacial score (nSPS) is 27.2. The Bertz CT molecular complexity index is 339. The van der Waals surface area contributed by atoms with E-state index in [1.54, 1.807) is 0 Å². The molecule has 2 N–H and O–H groups in total. The van der Waals surface area contributed by atoms with Crippen LogP contribution in [0.2, 0.25) is 0 Å². The zero-order valence-electron chi connectivity index (χ0n) is 11.3. The fourth-order valence-electron chi connectivity index (χ4n) is 3.24. The van der Waals surface area contributed by atoms with E-state index in [1.807, 2.05) is 0 Å². The lowest BCUT2D eigenvalue weighted by Crippen LogP contribution is -2.56. The molecule has 0 spiro atoms. The molecule has 18 heavy (non-hydrogen) atoms. The predicted molar refractivity (Wildman–Crippen MR) is 77.3 cm³/mol. The van der Waals surface area contributed by atoms with E-state index in [9.17, 15) is 4.79 Å². The summed E-state index contributed by atoms with van der Waals surface area (Å²) in [5.74, 6) is 0.218. The summed E-state index contributed by atoms with van der Waals surface area (Å²) in [5, 5.41) is 0. The van der Waals surface area contributed by atoms with Gasteiger partial charge in [-0.1, -0.05) is 38.4 Å². The van der Waals surface area contributed by atoms with E-state index < -0.39 is 5.41 Å². The Labute approximate surface area is 115 Å². The molecule has 4 heteroatoms. The SMILES string of the molecule is CCC1CCCCCN1C(=O)C1(C(N)=S)CCC1. The van der Waals surface area contributed by atoms with Crippen molar-refractivity contribution in [2.45, 2.75) is 64.3 Å². The summed E-state index contributed by atoms with van der Waals surface area (Å²) in [7, 11) is 0. The number of carbonyl (C=O) groups excluding carboxylic acids is 1. The quantitative estimate of drug-likeness (QED) is 0.800. The number of hydrogen-bond acceptors (Lipinski definition) is 2. The second kappa shape index (κ2) is 5.55. The topological polar surface area (TPSA) is 46.3 Å². The Kier molecular flexibility index (Phi) is 4.25. The molecule has 1 amide bonds. The number of nitrogens with zero attached hydrogens (tertiary/aromatic N) is 1. The molecular formula is C14H24N2OS. The van der Waals surface area contributed by atoms with Crippen molar-refractivity contribution in [2.75, 3.05) is 6.54 Å². The van der Waals surface area contributed by atoms with Crippen LogP contribution < -0.4 is 5.73 Å². The van der Waals surface area contributed by atoms with Gasteiger partial charge in [-0.2, -0.15) is 0 Å². The van der Waals surface area contributed by atoms with Crippen LogP contribution in [0, 0.1) is 5.41 Å². The van der Waals surface area contributed by atoms with Crippen LogP contribution >= 0.6 is 12.2 Å². The van der Waals surface area contributed by atoms with Gasteiger partial charge in [0, 0.05) is 12.6 Å². The molecule has 1 aliphatic carbocycles. The fraction of sp³-hybridized carbons (Fsp3) is 0.857. The van der Waals surface area contributed by atoms with Gasteiger partial charge in [0.05, 0.1) is 10.4 Å². The Morgan fingerprint density at radius 2 is 2.06 bits per heavy atom. The van der Waals surface area contributed by atoms with Crippen LogP contribution in [0.15, 0.2) is 0 Å². The van der Waals surface area contributed by atoms with Gasteiger partial charge in [0.1, 0.15) is 0 Å². The van der Waals surface area contributed by atoms with E-state index >= 15 is 0 Å². The molecular weight excluding hydrogens is 244 g/mol. The first-order chi connectivity index (χ1) is 8.62. The van der Waals surface area contributed by atoms with E-state index in [4.69, 9.17) is 18.0 Å². The van der Waals surface area contributed by atoms with Gasteiger partial charge in [-0.3, -0.25) is 4.79 Å². The monoisotopic (exact) mass is 268 g/mol. The predicted octanol–water partition coefficient (Wildman–Crippen LogP) is 2.62. The van der Waals surface area contributed by atoms with Crippen LogP contribution in [0.3, 0.4) is 0 Å². The molecule has 1 aliphatic heterocycles. The maximum absolute atomic E-state index is 12.8. The van der Waals surface area contributed by atoms with Crippen molar-refractivity contribution in [2.24, 2.45) is 11.1 Å². The standard InChI is InChI=1S/C14H24N2OS/c1-2-11-7-4-3-5-10-16(11)13(17)14(12(15)18)8-6-9-14/h11H,2-10H2,1H3,(H2,15,18). The lowest BCUT2D eigenvalue weighted by atomic mass is 9.67. The van der Waals surface area contributed by atoms with Crippen molar-refractivity contribution in [3.05, 3.63) is 0 Å². The van der Waals surface area contributed by atoms with E-state index in [2.05, 4.69) is 11.8 Å². The summed E-state index contributed by atoms with van der Waals surface area (Å²) in [6.07, 6.45) is 8.56. The molecule has 1 saturated carbocycles. The third kappa shape index (κ3) is 2.27. The summed E-state index contributed by atoms with van der Waals surface area (Å²) < 4.78 is 0. The third-order valence-electron chi connectivity index (χ3n) is 4.70. The number of amides is 1. The molecule has 0 aromatic carbocycles. The van der Waals surface area contributed by atoms with Crippen molar-refractivity contribution in [3.63, 3.8) is 0 Å². The van der Waals surface area contributed by atoms with Gasteiger partial charge in [0.2, 0.25) is 5.91 Å². The van der Waals surface area contributed by atoms with Gasteiger partial charge in [-0.25, -0.2) is 0 Å².